The van der Waals surface area contributed by atoms with Gasteiger partial charge in [0.25, 0.3) is 0 Å². The normalized spacial score (nSPS) is 12.1. The smallest absolute Gasteiger partial charge is 0.164 e. The topological polar surface area (TPSA) is 29.1 Å². The highest BCUT2D eigenvalue weighted by Gasteiger charge is 2.15. The van der Waals surface area contributed by atoms with Gasteiger partial charge in [0.15, 0.2) is 5.78 Å². The molecule has 19 heavy (non-hydrogen) atoms. The van der Waals surface area contributed by atoms with Gasteiger partial charge in [0.1, 0.15) is 0 Å². The monoisotopic (exact) mass is 253 g/mol. The lowest BCUT2D eigenvalue weighted by atomic mass is 9.98. The first-order valence-electron chi connectivity index (χ1n) is 6.68. The summed E-state index contributed by atoms with van der Waals surface area (Å²) in [4.78, 5) is 12.3. The molecule has 0 amide bonds. The second-order valence-corrected chi connectivity index (χ2v) is 4.51. The minimum Gasteiger partial charge on any atom is -0.310 e. The highest BCUT2D eigenvalue weighted by molar-refractivity contribution is 5.96. The Labute approximate surface area is 114 Å². The lowest BCUT2D eigenvalue weighted by Gasteiger charge is -2.17. The molecule has 98 valence electrons. The van der Waals surface area contributed by atoms with Gasteiger partial charge in [-0.1, -0.05) is 67.6 Å². The maximum Gasteiger partial charge on any atom is 0.164 e. The third kappa shape index (κ3) is 3.76. The maximum atomic E-state index is 12.3. The highest BCUT2D eigenvalue weighted by Crippen LogP contribution is 2.19. The molecule has 0 aliphatic carbocycles. The van der Waals surface area contributed by atoms with Crippen LogP contribution in [0, 0.1) is 0 Å². The number of nitrogens with one attached hydrogen (secondary N) is 1. The standard InChI is InChI=1S/C17H19NO/c1-2-18-16(14-9-5-3-6-10-14)13-17(19)15-11-7-4-8-12-15/h3-12,16,18H,2,13H2,1H3. The van der Waals surface area contributed by atoms with E-state index in [-0.39, 0.29) is 11.8 Å². The molecule has 0 fully saturated rings. The minimum absolute atomic E-state index is 0.0823. The van der Waals surface area contributed by atoms with Crippen molar-refractivity contribution in [2.45, 2.75) is 19.4 Å². The highest BCUT2D eigenvalue weighted by atomic mass is 16.1. The molecule has 0 saturated carbocycles. The van der Waals surface area contributed by atoms with Gasteiger partial charge in [-0.05, 0) is 12.1 Å². The van der Waals surface area contributed by atoms with Crippen molar-refractivity contribution in [2.75, 3.05) is 6.54 Å². The first-order valence-corrected chi connectivity index (χ1v) is 6.68. The van der Waals surface area contributed by atoms with Crippen LogP contribution in [0.15, 0.2) is 60.7 Å². The average molecular weight is 253 g/mol. The molecule has 2 nitrogen and oxygen atoms in total. The summed E-state index contributed by atoms with van der Waals surface area (Å²) in [6, 6.07) is 19.7. The van der Waals surface area contributed by atoms with Crippen molar-refractivity contribution in [3.63, 3.8) is 0 Å². The zero-order valence-corrected chi connectivity index (χ0v) is 11.2. The van der Waals surface area contributed by atoms with Gasteiger partial charge in [-0.25, -0.2) is 0 Å². The Bertz CT molecular complexity index is 507. The SMILES string of the molecule is CCNC(CC(=O)c1ccccc1)c1ccccc1. The minimum atomic E-state index is 0.0823. The van der Waals surface area contributed by atoms with E-state index in [1.54, 1.807) is 0 Å². The van der Waals surface area contributed by atoms with Crippen molar-refractivity contribution in [1.29, 1.82) is 0 Å². The van der Waals surface area contributed by atoms with Crippen molar-refractivity contribution < 1.29 is 4.79 Å². The number of carbonyl (C=O) groups excluding carboxylic acids is 1. The zero-order valence-electron chi connectivity index (χ0n) is 11.2. The summed E-state index contributed by atoms with van der Waals surface area (Å²) in [5.41, 5.74) is 1.94. The third-order valence-electron chi connectivity index (χ3n) is 3.14. The first-order chi connectivity index (χ1) is 9.31. The van der Waals surface area contributed by atoms with E-state index < -0.39 is 0 Å². The summed E-state index contributed by atoms with van der Waals surface area (Å²) >= 11 is 0. The predicted octanol–water partition coefficient (Wildman–Crippen LogP) is 3.61. The van der Waals surface area contributed by atoms with E-state index in [9.17, 15) is 4.79 Å². The molecule has 0 saturated heterocycles. The van der Waals surface area contributed by atoms with E-state index in [1.807, 2.05) is 48.5 Å². The molecule has 0 radical (unpaired) electrons. The molecule has 0 aromatic heterocycles. The van der Waals surface area contributed by atoms with Crippen molar-refractivity contribution in [1.82, 2.24) is 5.32 Å². The molecule has 1 N–H and O–H groups in total. The Morgan fingerprint density at radius 3 is 2.16 bits per heavy atom. The summed E-state index contributed by atoms with van der Waals surface area (Å²) in [6.45, 7) is 2.91. The number of hydrogen-bond donors (Lipinski definition) is 1. The largest absolute Gasteiger partial charge is 0.310 e. The maximum absolute atomic E-state index is 12.3. The van der Waals surface area contributed by atoms with E-state index in [4.69, 9.17) is 0 Å². The fourth-order valence-corrected chi connectivity index (χ4v) is 2.17. The lowest BCUT2D eigenvalue weighted by Crippen LogP contribution is -2.23. The lowest BCUT2D eigenvalue weighted by molar-refractivity contribution is 0.0969. The van der Waals surface area contributed by atoms with Crippen LogP contribution in [0.3, 0.4) is 0 Å². The van der Waals surface area contributed by atoms with Crippen LogP contribution < -0.4 is 5.32 Å². The summed E-state index contributed by atoms with van der Waals surface area (Å²) in [7, 11) is 0. The Kier molecular flexibility index (Phi) is 4.87. The molecular weight excluding hydrogens is 234 g/mol. The fourth-order valence-electron chi connectivity index (χ4n) is 2.17. The van der Waals surface area contributed by atoms with Gasteiger partial charge in [-0.3, -0.25) is 4.79 Å². The van der Waals surface area contributed by atoms with E-state index in [0.29, 0.717) is 6.42 Å². The van der Waals surface area contributed by atoms with Crippen LogP contribution >= 0.6 is 0 Å². The Balaban J connectivity index is 2.11. The first kappa shape index (κ1) is 13.5. The quantitative estimate of drug-likeness (QED) is 0.797. The van der Waals surface area contributed by atoms with E-state index >= 15 is 0 Å². The number of ketones is 1. The molecule has 0 bridgehead atoms. The molecule has 0 aliphatic heterocycles. The molecular formula is C17H19NO. The Hall–Kier alpha value is -1.93. The van der Waals surface area contributed by atoms with Gasteiger partial charge in [0, 0.05) is 18.0 Å². The van der Waals surface area contributed by atoms with Crippen LogP contribution in [0.25, 0.3) is 0 Å². The van der Waals surface area contributed by atoms with Crippen molar-refractivity contribution in [3.8, 4) is 0 Å². The van der Waals surface area contributed by atoms with Crippen LogP contribution in [0.5, 0.6) is 0 Å². The average Bonchev–Trinajstić information content (AvgIpc) is 2.48. The summed E-state index contributed by atoms with van der Waals surface area (Å²) in [5.74, 6) is 0.176. The summed E-state index contributed by atoms with van der Waals surface area (Å²) in [6.07, 6.45) is 0.488. The second-order valence-electron chi connectivity index (χ2n) is 4.51. The van der Waals surface area contributed by atoms with Gasteiger partial charge in [0.2, 0.25) is 0 Å². The van der Waals surface area contributed by atoms with Gasteiger partial charge in [-0.2, -0.15) is 0 Å². The van der Waals surface area contributed by atoms with Gasteiger partial charge in [-0.15, -0.1) is 0 Å². The number of carbonyl (C=O) groups is 1. The molecule has 0 spiro atoms. The fraction of sp³-hybridized carbons (Fsp3) is 0.235. The number of rotatable bonds is 6. The molecule has 1 unspecified atom stereocenters. The van der Waals surface area contributed by atoms with Gasteiger partial charge in [0.05, 0.1) is 0 Å². The molecule has 1 atom stereocenters. The molecule has 2 heteroatoms. The van der Waals surface area contributed by atoms with Crippen LogP contribution in [-0.4, -0.2) is 12.3 Å². The van der Waals surface area contributed by atoms with Crippen LogP contribution in [0.2, 0.25) is 0 Å². The summed E-state index contributed by atoms with van der Waals surface area (Å²) < 4.78 is 0. The Morgan fingerprint density at radius 1 is 1.00 bits per heavy atom. The molecule has 0 heterocycles. The Morgan fingerprint density at radius 2 is 1.58 bits per heavy atom. The number of benzene rings is 2. The zero-order chi connectivity index (χ0) is 13.5. The molecule has 2 aromatic carbocycles. The van der Waals surface area contributed by atoms with E-state index in [1.165, 1.54) is 0 Å². The number of Topliss-reactive ketones (excluding diaryl/α,β-unsaturated/α-hetero) is 1. The van der Waals surface area contributed by atoms with Crippen molar-refractivity contribution >= 4 is 5.78 Å². The van der Waals surface area contributed by atoms with Crippen LogP contribution in [0.1, 0.15) is 35.3 Å². The predicted molar refractivity (Wildman–Crippen MR) is 78.2 cm³/mol. The second kappa shape index (κ2) is 6.86. The van der Waals surface area contributed by atoms with Crippen molar-refractivity contribution in [2.24, 2.45) is 0 Å². The molecule has 0 aliphatic rings. The third-order valence-corrected chi connectivity index (χ3v) is 3.14. The summed E-state index contributed by atoms with van der Waals surface area (Å²) in [5, 5.41) is 3.38. The van der Waals surface area contributed by atoms with Crippen LogP contribution in [-0.2, 0) is 0 Å². The van der Waals surface area contributed by atoms with Crippen LogP contribution in [0.4, 0.5) is 0 Å². The number of hydrogen-bond acceptors (Lipinski definition) is 2. The van der Waals surface area contributed by atoms with E-state index in [2.05, 4.69) is 24.4 Å². The molecule has 2 aromatic rings. The van der Waals surface area contributed by atoms with Gasteiger partial charge < -0.3 is 5.32 Å². The van der Waals surface area contributed by atoms with Crippen molar-refractivity contribution in [3.05, 3.63) is 71.8 Å². The van der Waals surface area contributed by atoms with E-state index in [0.717, 1.165) is 17.7 Å². The molecule has 2 rings (SSSR count). The van der Waals surface area contributed by atoms with Gasteiger partial charge >= 0.3 is 0 Å².